The van der Waals surface area contributed by atoms with E-state index >= 15 is 0 Å². The van der Waals surface area contributed by atoms with Crippen LogP contribution in [0.3, 0.4) is 0 Å². The number of thioether (sulfide) groups is 1. The van der Waals surface area contributed by atoms with Crippen molar-refractivity contribution in [1.82, 2.24) is 8.85 Å². The van der Waals surface area contributed by atoms with Crippen LogP contribution in [0.4, 0.5) is 0 Å². The Morgan fingerprint density at radius 2 is 2.00 bits per heavy atom. The highest BCUT2D eigenvalue weighted by molar-refractivity contribution is 14.1. The summed E-state index contributed by atoms with van der Waals surface area (Å²) < 4.78 is 3.07. The van der Waals surface area contributed by atoms with Gasteiger partial charge in [-0.15, -0.1) is 0 Å². The van der Waals surface area contributed by atoms with Gasteiger partial charge in [0.1, 0.15) is 0 Å². The van der Waals surface area contributed by atoms with Crippen molar-refractivity contribution < 1.29 is 0 Å². The Morgan fingerprint density at radius 1 is 1.33 bits per heavy atom. The van der Waals surface area contributed by atoms with Crippen LogP contribution in [0.5, 0.6) is 0 Å². The summed E-state index contributed by atoms with van der Waals surface area (Å²) in [6.45, 7) is 2.22. The van der Waals surface area contributed by atoms with Gasteiger partial charge in [0, 0.05) is 47.5 Å². The van der Waals surface area contributed by atoms with Crippen molar-refractivity contribution >= 4 is 34.6 Å². The second-order valence-corrected chi connectivity index (χ2v) is 3.59. The fraction of sp³-hybridized carbons (Fsp3) is 1.00. The van der Waals surface area contributed by atoms with Crippen LogP contribution in [0, 0.1) is 0 Å². The molecule has 0 aliphatic rings. The third kappa shape index (κ3) is 9.00. The normalized spacial score (nSPS) is 10.0. The molecule has 0 spiro atoms. The Balaban J connectivity index is 2.60. The first-order valence-corrected chi connectivity index (χ1v) is 5.21. The molecule has 2 nitrogen and oxygen atoms in total. The Morgan fingerprint density at radius 3 is 2.56 bits per heavy atom. The third-order valence-corrected chi connectivity index (χ3v) is 2.36. The summed E-state index contributed by atoms with van der Waals surface area (Å²) in [5, 5.41) is 3.10. The molecule has 0 rings (SSSR count). The van der Waals surface area contributed by atoms with Crippen molar-refractivity contribution in [3.63, 3.8) is 0 Å². The van der Waals surface area contributed by atoms with Crippen molar-refractivity contribution in [2.24, 2.45) is 0 Å². The van der Waals surface area contributed by atoms with Gasteiger partial charge in [-0.05, 0) is 7.05 Å². The molecular formula is C5H13IN2S. The molecule has 0 radical (unpaired) electrons. The number of rotatable bonds is 6. The molecule has 0 unspecified atom stereocenters. The molecule has 0 saturated heterocycles. The van der Waals surface area contributed by atoms with Gasteiger partial charge in [-0.2, -0.15) is 11.8 Å². The molecule has 9 heavy (non-hydrogen) atoms. The minimum absolute atomic E-state index is 1.11. The lowest BCUT2D eigenvalue weighted by atomic mass is 10.8. The molecule has 0 aromatic carbocycles. The largest absolute Gasteiger partial charge is 0.319 e. The molecule has 56 valence electrons. The number of halogens is 1. The maximum Gasteiger partial charge on any atom is 0.0169 e. The number of hydrogen-bond donors (Lipinski definition) is 2. The summed E-state index contributed by atoms with van der Waals surface area (Å²) in [4.78, 5) is 0. The zero-order valence-corrected chi connectivity index (χ0v) is 8.59. The molecule has 0 aliphatic carbocycles. The van der Waals surface area contributed by atoms with E-state index in [1.165, 1.54) is 11.5 Å². The van der Waals surface area contributed by atoms with Gasteiger partial charge in [-0.3, -0.25) is 3.53 Å². The van der Waals surface area contributed by atoms with Crippen LogP contribution < -0.4 is 8.85 Å². The van der Waals surface area contributed by atoms with Gasteiger partial charge in [0.15, 0.2) is 0 Å². The Labute approximate surface area is 75.0 Å². The summed E-state index contributed by atoms with van der Waals surface area (Å²) in [5.41, 5.74) is 0. The van der Waals surface area contributed by atoms with Crippen LogP contribution in [-0.4, -0.2) is 31.6 Å². The Kier molecular flexibility index (Phi) is 10.0. The molecule has 0 atom stereocenters. The van der Waals surface area contributed by atoms with Crippen LogP contribution in [0.15, 0.2) is 0 Å². The Bertz CT molecular complexity index is 48.2. The average Bonchev–Trinajstić information content (AvgIpc) is 1.89. The maximum absolute atomic E-state index is 3.10. The Hall–Kier alpha value is 1.00. The predicted molar refractivity (Wildman–Crippen MR) is 53.3 cm³/mol. The van der Waals surface area contributed by atoms with Gasteiger partial charge >= 0.3 is 0 Å². The second kappa shape index (κ2) is 9.00. The molecule has 2 N–H and O–H groups in total. The van der Waals surface area contributed by atoms with E-state index in [0.717, 1.165) is 13.1 Å². The molecule has 0 heterocycles. The number of nitrogens with one attached hydrogen (secondary N) is 2. The SMILES string of the molecule is CNCCSCCNI. The molecule has 0 aromatic rings. The summed E-state index contributed by atoms with van der Waals surface area (Å²) in [6.07, 6.45) is 0. The van der Waals surface area contributed by atoms with Crippen molar-refractivity contribution in [2.45, 2.75) is 0 Å². The highest BCUT2D eigenvalue weighted by Gasteiger charge is 1.84. The van der Waals surface area contributed by atoms with Crippen LogP contribution in [0.25, 0.3) is 0 Å². The van der Waals surface area contributed by atoms with Crippen molar-refractivity contribution in [2.75, 3.05) is 31.6 Å². The van der Waals surface area contributed by atoms with Crippen molar-refractivity contribution in [3.8, 4) is 0 Å². The van der Waals surface area contributed by atoms with E-state index in [1.54, 1.807) is 0 Å². The molecule has 4 heteroatoms. The minimum atomic E-state index is 1.11. The third-order valence-electron chi connectivity index (χ3n) is 0.837. The van der Waals surface area contributed by atoms with E-state index in [2.05, 4.69) is 31.7 Å². The smallest absolute Gasteiger partial charge is 0.0169 e. The lowest BCUT2D eigenvalue weighted by Gasteiger charge is -1.97. The fourth-order valence-corrected chi connectivity index (χ4v) is 1.82. The van der Waals surface area contributed by atoms with Gasteiger partial charge in [-0.25, -0.2) is 0 Å². The molecule has 0 amide bonds. The molecule has 0 aromatic heterocycles. The summed E-state index contributed by atoms with van der Waals surface area (Å²) in [7, 11) is 1.98. The van der Waals surface area contributed by atoms with E-state index in [-0.39, 0.29) is 0 Å². The highest BCUT2D eigenvalue weighted by atomic mass is 127. The van der Waals surface area contributed by atoms with Gasteiger partial charge in [0.25, 0.3) is 0 Å². The maximum atomic E-state index is 3.10. The topological polar surface area (TPSA) is 24.1 Å². The predicted octanol–water partition coefficient (Wildman–Crippen LogP) is 0.879. The van der Waals surface area contributed by atoms with Gasteiger partial charge in [-0.1, -0.05) is 0 Å². The molecule has 0 aliphatic heterocycles. The first-order valence-electron chi connectivity index (χ1n) is 2.97. The first kappa shape index (κ1) is 10.0. The van der Waals surface area contributed by atoms with E-state index in [9.17, 15) is 0 Å². The monoisotopic (exact) mass is 260 g/mol. The van der Waals surface area contributed by atoms with E-state index in [4.69, 9.17) is 0 Å². The van der Waals surface area contributed by atoms with Crippen molar-refractivity contribution in [1.29, 1.82) is 0 Å². The van der Waals surface area contributed by atoms with Gasteiger partial charge in [0.2, 0.25) is 0 Å². The van der Waals surface area contributed by atoms with Crippen LogP contribution >= 0.6 is 34.6 Å². The van der Waals surface area contributed by atoms with Crippen LogP contribution in [0.2, 0.25) is 0 Å². The van der Waals surface area contributed by atoms with E-state index < -0.39 is 0 Å². The van der Waals surface area contributed by atoms with Crippen molar-refractivity contribution in [3.05, 3.63) is 0 Å². The molecule has 0 saturated carbocycles. The zero-order valence-electron chi connectivity index (χ0n) is 5.61. The van der Waals surface area contributed by atoms with E-state index in [0.29, 0.717) is 0 Å². The zero-order chi connectivity index (χ0) is 6.95. The van der Waals surface area contributed by atoms with Gasteiger partial charge in [0.05, 0.1) is 0 Å². The highest BCUT2D eigenvalue weighted by Crippen LogP contribution is 1.95. The summed E-state index contributed by atoms with van der Waals surface area (Å²) in [6, 6.07) is 0. The quantitative estimate of drug-likeness (QED) is 0.421. The van der Waals surface area contributed by atoms with Crippen LogP contribution in [0.1, 0.15) is 0 Å². The second-order valence-electron chi connectivity index (χ2n) is 1.60. The number of hydrogen-bond acceptors (Lipinski definition) is 3. The average molecular weight is 260 g/mol. The van der Waals surface area contributed by atoms with Crippen LogP contribution in [-0.2, 0) is 0 Å². The van der Waals surface area contributed by atoms with Gasteiger partial charge < -0.3 is 5.32 Å². The summed E-state index contributed by atoms with van der Waals surface area (Å²) >= 11 is 4.14. The lowest BCUT2D eigenvalue weighted by molar-refractivity contribution is 0.871. The fourth-order valence-electron chi connectivity index (χ4n) is 0.387. The molecule has 0 bridgehead atoms. The lowest BCUT2D eigenvalue weighted by Crippen LogP contribution is -2.11. The summed E-state index contributed by atoms with van der Waals surface area (Å²) in [5.74, 6) is 2.43. The molecule has 0 fully saturated rings. The minimum Gasteiger partial charge on any atom is -0.319 e. The first-order chi connectivity index (χ1) is 4.41. The van der Waals surface area contributed by atoms with E-state index in [1.807, 2.05) is 18.8 Å². The standard InChI is InChI=1S/C5H13IN2S/c1-7-2-4-9-5-3-8-6/h7-8H,2-5H2,1H3. The molecular weight excluding hydrogens is 247 g/mol.